The van der Waals surface area contributed by atoms with Crippen LogP contribution in [0.15, 0.2) is 0 Å². The highest BCUT2D eigenvalue weighted by atomic mass is 32.2. The molecule has 2 rings (SSSR count). The highest BCUT2D eigenvalue weighted by molar-refractivity contribution is 7.93. The number of nitrogens with zero attached hydrogens (tertiary/aromatic N) is 1. The standard InChI is InChI=1S/C13H24N2O4S/c1-12(2,3)19-11(16)15-6-5-13(9-15)10(8-14)4-7-20(13,17)18/h10H,4-9,14H2,1-3H3/t10-,13+/m1/s1. The van der Waals surface area contributed by atoms with E-state index in [1.807, 2.05) is 0 Å². The minimum absolute atomic E-state index is 0.0556. The Hall–Kier alpha value is -0.820. The number of amides is 1. The van der Waals surface area contributed by atoms with Crippen LogP contribution < -0.4 is 5.73 Å². The molecule has 1 spiro atoms. The normalized spacial score (nSPS) is 32.8. The summed E-state index contributed by atoms with van der Waals surface area (Å²) in [5.74, 6) is 0.122. The number of nitrogens with two attached hydrogens (primary N) is 1. The molecule has 1 amide bonds. The number of sulfone groups is 1. The fraction of sp³-hybridized carbons (Fsp3) is 0.923. The minimum Gasteiger partial charge on any atom is -0.444 e. The number of hydrogen-bond acceptors (Lipinski definition) is 5. The van der Waals surface area contributed by atoms with Gasteiger partial charge in [-0.1, -0.05) is 0 Å². The molecule has 0 unspecified atom stereocenters. The van der Waals surface area contributed by atoms with Gasteiger partial charge in [0.25, 0.3) is 0 Å². The van der Waals surface area contributed by atoms with Gasteiger partial charge in [-0.2, -0.15) is 0 Å². The molecule has 2 heterocycles. The Morgan fingerprint density at radius 3 is 2.65 bits per heavy atom. The van der Waals surface area contributed by atoms with E-state index in [-0.39, 0.29) is 18.2 Å². The molecule has 0 aromatic rings. The van der Waals surface area contributed by atoms with Gasteiger partial charge in [-0.3, -0.25) is 0 Å². The number of ether oxygens (including phenoxy) is 1. The maximum absolute atomic E-state index is 12.4. The van der Waals surface area contributed by atoms with Gasteiger partial charge in [0, 0.05) is 13.1 Å². The Kier molecular flexibility index (Phi) is 3.79. The first-order valence-electron chi connectivity index (χ1n) is 7.02. The molecule has 0 aromatic heterocycles. The first-order chi connectivity index (χ1) is 9.11. The van der Waals surface area contributed by atoms with Crippen molar-refractivity contribution in [1.82, 2.24) is 4.90 Å². The third kappa shape index (κ3) is 2.53. The summed E-state index contributed by atoms with van der Waals surface area (Å²) in [7, 11) is -3.19. The number of carbonyl (C=O) groups is 1. The second-order valence-electron chi connectivity index (χ2n) is 6.76. The van der Waals surface area contributed by atoms with Crippen LogP contribution in [0.3, 0.4) is 0 Å². The third-order valence-electron chi connectivity index (χ3n) is 4.30. The summed E-state index contributed by atoms with van der Waals surface area (Å²) in [6.45, 7) is 6.38. The number of carbonyl (C=O) groups excluding carboxylic acids is 1. The molecular weight excluding hydrogens is 280 g/mol. The molecule has 0 aromatic carbocycles. The van der Waals surface area contributed by atoms with Gasteiger partial charge in [0.1, 0.15) is 5.60 Å². The summed E-state index contributed by atoms with van der Waals surface area (Å²) >= 11 is 0. The smallest absolute Gasteiger partial charge is 0.410 e. The van der Waals surface area contributed by atoms with Crippen LogP contribution in [0.25, 0.3) is 0 Å². The van der Waals surface area contributed by atoms with Crippen LogP contribution in [-0.2, 0) is 14.6 Å². The largest absolute Gasteiger partial charge is 0.444 e. The van der Waals surface area contributed by atoms with Crippen LogP contribution in [0, 0.1) is 5.92 Å². The van der Waals surface area contributed by atoms with Crippen molar-refractivity contribution in [2.45, 2.75) is 44.0 Å². The molecular formula is C13H24N2O4S. The molecule has 7 heteroatoms. The van der Waals surface area contributed by atoms with E-state index in [2.05, 4.69) is 0 Å². The molecule has 0 radical (unpaired) electrons. The predicted molar refractivity (Wildman–Crippen MR) is 76.1 cm³/mol. The van der Waals surface area contributed by atoms with Crippen molar-refractivity contribution >= 4 is 15.9 Å². The molecule has 116 valence electrons. The van der Waals surface area contributed by atoms with E-state index in [1.165, 1.54) is 4.90 Å². The molecule has 2 saturated heterocycles. The van der Waals surface area contributed by atoms with Gasteiger partial charge < -0.3 is 15.4 Å². The first-order valence-corrected chi connectivity index (χ1v) is 8.67. The van der Waals surface area contributed by atoms with Gasteiger partial charge in [0.2, 0.25) is 0 Å². The first kappa shape index (κ1) is 15.6. The summed E-state index contributed by atoms with van der Waals surface area (Å²) in [6.07, 6.45) is 0.629. The highest BCUT2D eigenvalue weighted by Gasteiger charge is 2.58. The third-order valence-corrected chi connectivity index (χ3v) is 6.98. The van der Waals surface area contributed by atoms with Gasteiger partial charge in [-0.25, -0.2) is 13.2 Å². The van der Waals surface area contributed by atoms with Crippen molar-refractivity contribution in [3.05, 3.63) is 0 Å². The number of hydrogen-bond donors (Lipinski definition) is 1. The lowest BCUT2D eigenvalue weighted by atomic mass is 9.89. The van der Waals surface area contributed by atoms with Crippen molar-refractivity contribution in [3.63, 3.8) is 0 Å². The second-order valence-corrected chi connectivity index (χ2v) is 9.21. The molecule has 0 bridgehead atoms. The van der Waals surface area contributed by atoms with E-state index in [0.29, 0.717) is 25.9 Å². The SMILES string of the molecule is CC(C)(C)OC(=O)N1CC[C@]2(C1)[C@@H](CN)CCS2(=O)=O. The van der Waals surface area contributed by atoms with Crippen molar-refractivity contribution in [2.24, 2.45) is 11.7 Å². The summed E-state index contributed by atoms with van der Waals surface area (Å²) in [5.41, 5.74) is 5.16. The van der Waals surface area contributed by atoms with Gasteiger partial charge in [0.15, 0.2) is 9.84 Å². The van der Waals surface area contributed by atoms with Crippen molar-refractivity contribution < 1.29 is 17.9 Å². The van der Waals surface area contributed by atoms with Gasteiger partial charge in [0.05, 0.1) is 10.5 Å². The van der Waals surface area contributed by atoms with E-state index >= 15 is 0 Å². The van der Waals surface area contributed by atoms with E-state index in [0.717, 1.165) is 0 Å². The molecule has 2 aliphatic rings. The predicted octanol–water partition coefficient (Wildman–Crippen LogP) is 0.759. The lowest BCUT2D eigenvalue weighted by Gasteiger charge is -2.30. The lowest BCUT2D eigenvalue weighted by Crippen LogP contribution is -2.47. The van der Waals surface area contributed by atoms with Crippen LogP contribution >= 0.6 is 0 Å². The van der Waals surface area contributed by atoms with Crippen LogP contribution in [0.4, 0.5) is 4.79 Å². The van der Waals surface area contributed by atoms with Crippen molar-refractivity contribution in [3.8, 4) is 0 Å². The molecule has 2 aliphatic heterocycles. The van der Waals surface area contributed by atoms with Crippen LogP contribution in [-0.4, -0.2) is 55.1 Å². The average molecular weight is 304 g/mol. The summed E-state index contributed by atoms with van der Waals surface area (Å²) in [4.78, 5) is 13.6. The Morgan fingerprint density at radius 2 is 2.10 bits per heavy atom. The van der Waals surface area contributed by atoms with Crippen LogP contribution in [0.2, 0.25) is 0 Å². The van der Waals surface area contributed by atoms with E-state index < -0.39 is 26.3 Å². The average Bonchev–Trinajstić information content (AvgIpc) is 2.83. The highest BCUT2D eigenvalue weighted by Crippen LogP contribution is 2.44. The van der Waals surface area contributed by atoms with Crippen molar-refractivity contribution in [1.29, 1.82) is 0 Å². The van der Waals surface area contributed by atoms with Gasteiger partial charge >= 0.3 is 6.09 Å². The molecule has 2 atom stereocenters. The molecule has 20 heavy (non-hydrogen) atoms. The maximum atomic E-state index is 12.4. The fourth-order valence-corrected chi connectivity index (χ4v) is 5.70. The number of likely N-dealkylation sites (tertiary alicyclic amines) is 1. The maximum Gasteiger partial charge on any atom is 0.410 e. The second kappa shape index (κ2) is 4.87. The molecule has 0 aliphatic carbocycles. The van der Waals surface area contributed by atoms with E-state index in [1.54, 1.807) is 20.8 Å². The Labute approximate surface area is 120 Å². The van der Waals surface area contributed by atoms with Gasteiger partial charge in [-0.15, -0.1) is 0 Å². The monoisotopic (exact) mass is 304 g/mol. The zero-order chi connectivity index (χ0) is 15.2. The summed E-state index contributed by atoms with van der Waals surface area (Å²) < 4.78 is 29.2. The Balaban J connectivity index is 2.17. The zero-order valence-corrected chi connectivity index (χ0v) is 13.2. The van der Waals surface area contributed by atoms with Crippen LogP contribution in [0.5, 0.6) is 0 Å². The Morgan fingerprint density at radius 1 is 1.45 bits per heavy atom. The fourth-order valence-electron chi connectivity index (χ4n) is 3.23. The summed E-state index contributed by atoms with van der Waals surface area (Å²) in [5, 5.41) is 0. The summed E-state index contributed by atoms with van der Waals surface area (Å²) in [6, 6.07) is 0. The quantitative estimate of drug-likeness (QED) is 0.772. The van der Waals surface area contributed by atoms with Gasteiger partial charge in [-0.05, 0) is 46.1 Å². The zero-order valence-electron chi connectivity index (χ0n) is 12.4. The lowest BCUT2D eigenvalue weighted by molar-refractivity contribution is 0.0287. The molecule has 2 N–H and O–H groups in total. The minimum atomic E-state index is -3.19. The Bertz CT molecular complexity index is 497. The topological polar surface area (TPSA) is 89.7 Å². The molecule has 6 nitrogen and oxygen atoms in total. The van der Waals surface area contributed by atoms with E-state index in [4.69, 9.17) is 10.5 Å². The molecule has 0 saturated carbocycles. The number of rotatable bonds is 1. The van der Waals surface area contributed by atoms with Crippen molar-refractivity contribution in [2.75, 3.05) is 25.4 Å². The van der Waals surface area contributed by atoms with E-state index in [9.17, 15) is 13.2 Å². The van der Waals surface area contributed by atoms with Crippen LogP contribution in [0.1, 0.15) is 33.6 Å². The molecule has 2 fully saturated rings.